The zero-order chi connectivity index (χ0) is 20.8. The molecule has 174 valence electrons. The predicted molar refractivity (Wildman–Crippen MR) is 131 cm³/mol. The van der Waals surface area contributed by atoms with Gasteiger partial charge in [0.2, 0.25) is 0 Å². The summed E-state index contributed by atoms with van der Waals surface area (Å²) >= 11 is 0. The van der Waals surface area contributed by atoms with Crippen molar-refractivity contribution < 1.29 is 4.74 Å². The lowest BCUT2D eigenvalue weighted by molar-refractivity contribution is 0.303. The molecule has 1 fully saturated rings. The SMILES string of the molecule is CCCc1nnnn1-c1ccc(OC)c(CN[C@@H]2CCCN[C@@H]2c2ccccc2)c1.Cl.Cl. The van der Waals surface area contributed by atoms with E-state index in [1.165, 1.54) is 12.0 Å². The molecule has 3 aromatic rings. The Morgan fingerprint density at radius 2 is 1.97 bits per heavy atom. The summed E-state index contributed by atoms with van der Waals surface area (Å²) in [6.45, 7) is 3.90. The molecule has 0 aliphatic carbocycles. The van der Waals surface area contributed by atoms with Crippen molar-refractivity contribution in [1.82, 2.24) is 30.8 Å². The van der Waals surface area contributed by atoms with Gasteiger partial charge in [-0.05, 0) is 60.0 Å². The van der Waals surface area contributed by atoms with Crippen LogP contribution in [0.4, 0.5) is 0 Å². The van der Waals surface area contributed by atoms with Crippen LogP contribution in [-0.2, 0) is 13.0 Å². The second-order valence-electron chi connectivity index (χ2n) is 7.73. The first-order valence-electron chi connectivity index (χ1n) is 10.8. The maximum absolute atomic E-state index is 5.63. The van der Waals surface area contributed by atoms with Crippen LogP contribution in [0, 0.1) is 0 Å². The lowest BCUT2D eigenvalue weighted by atomic mass is 9.92. The molecule has 0 saturated carbocycles. The van der Waals surface area contributed by atoms with Gasteiger partial charge in [-0.15, -0.1) is 29.9 Å². The Morgan fingerprint density at radius 1 is 1.16 bits per heavy atom. The van der Waals surface area contributed by atoms with E-state index in [2.05, 4.69) is 69.5 Å². The average molecular weight is 479 g/mol. The summed E-state index contributed by atoms with van der Waals surface area (Å²) in [6.07, 6.45) is 4.16. The molecule has 2 aromatic carbocycles. The Kier molecular flexibility index (Phi) is 10.4. The fourth-order valence-corrected chi connectivity index (χ4v) is 4.18. The Labute approximate surface area is 202 Å². The molecule has 2 N–H and O–H groups in total. The molecule has 9 heteroatoms. The first kappa shape index (κ1) is 26.1. The minimum Gasteiger partial charge on any atom is -0.496 e. The highest BCUT2D eigenvalue weighted by atomic mass is 35.5. The van der Waals surface area contributed by atoms with Gasteiger partial charge in [0, 0.05) is 30.6 Å². The maximum Gasteiger partial charge on any atom is 0.156 e. The molecule has 4 rings (SSSR count). The van der Waals surface area contributed by atoms with Gasteiger partial charge < -0.3 is 15.4 Å². The van der Waals surface area contributed by atoms with Gasteiger partial charge in [0.15, 0.2) is 5.82 Å². The van der Waals surface area contributed by atoms with Gasteiger partial charge in [-0.1, -0.05) is 37.3 Å². The number of methoxy groups -OCH3 is 1. The Hall–Kier alpha value is -2.19. The van der Waals surface area contributed by atoms with E-state index in [1.54, 1.807) is 7.11 Å². The molecule has 0 bridgehead atoms. The van der Waals surface area contributed by atoms with Crippen molar-refractivity contribution >= 4 is 24.8 Å². The normalized spacial score (nSPS) is 17.8. The third kappa shape index (κ3) is 5.98. The van der Waals surface area contributed by atoms with Gasteiger partial charge in [-0.25, -0.2) is 0 Å². The number of halogens is 2. The van der Waals surface area contributed by atoms with Crippen LogP contribution in [0.2, 0.25) is 0 Å². The predicted octanol–water partition coefficient (Wildman–Crippen LogP) is 4.05. The fraction of sp³-hybridized carbons (Fsp3) is 0.435. The summed E-state index contributed by atoms with van der Waals surface area (Å²) in [5, 5.41) is 19.7. The number of benzene rings is 2. The third-order valence-electron chi connectivity index (χ3n) is 5.69. The van der Waals surface area contributed by atoms with E-state index in [0.29, 0.717) is 12.1 Å². The van der Waals surface area contributed by atoms with Crippen LogP contribution in [0.5, 0.6) is 5.75 Å². The standard InChI is InChI=1S/C23H30N6O.2ClH/c1-3-8-22-26-27-28-29(22)19-12-13-21(30-2)18(15-19)16-25-20-11-7-14-24-23(20)17-9-5-4-6-10-17;;/h4-6,9-10,12-13,15,20,23-25H,3,7-8,11,14,16H2,1-2H3;2*1H/t20-,23-;;/m1../s1. The number of aryl methyl sites for hydroxylation is 1. The number of hydrogen-bond donors (Lipinski definition) is 2. The van der Waals surface area contributed by atoms with Crippen LogP contribution in [0.3, 0.4) is 0 Å². The number of aromatic nitrogens is 4. The molecular weight excluding hydrogens is 447 g/mol. The number of piperidine rings is 1. The number of rotatable bonds is 8. The first-order valence-corrected chi connectivity index (χ1v) is 10.8. The summed E-state index contributed by atoms with van der Waals surface area (Å²) in [4.78, 5) is 0. The van der Waals surface area contributed by atoms with Crippen LogP contribution in [0.15, 0.2) is 48.5 Å². The number of ether oxygens (including phenoxy) is 1. The van der Waals surface area contributed by atoms with Crippen molar-refractivity contribution in [2.24, 2.45) is 0 Å². The minimum absolute atomic E-state index is 0. The summed E-state index contributed by atoms with van der Waals surface area (Å²) in [7, 11) is 1.72. The van der Waals surface area contributed by atoms with Gasteiger partial charge >= 0.3 is 0 Å². The van der Waals surface area contributed by atoms with E-state index >= 15 is 0 Å². The van der Waals surface area contributed by atoms with Crippen LogP contribution < -0.4 is 15.4 Å². The van der Waals surface area contributed by atoms with E-state index in [9.17, 15) is 0 Å². The molecule has 2 atom stereocenters. The summed E-state index contributed by atoms with van der Waals surface area (Å²) < 4.78 is 7.45. The molecule has 0 amide bonds. The summed E-state index contributed by atoms with van der Waals surface area (Å²) in [5.74, 6) is 1.75. The van der Waals surface area contributed by atoms with E-state index in [-0.39, 0.29) is 24.8 Å². The van der Waals surface area contributed by atoms with Crippen molar-refractivity contribution in [2.45, 2.75) is 51.2 Å². The number of tetrazole rings is 1. The first-order chi connectivity index (χ1) is 14.8. The fourth-order valence-electron chi connectivity index (χ4n) is 4.18. The van der Waals surface area contributed by atoms with E-state index in [4.69, 9.17) is 4.74 Å². The topological polar surface area (TPSA) is 76.9 Å². The molecule has 0 spiro atoms. The van der Waals surface area contributed by atoms with Crippen molar-refractivity contribution in [1.29, 1.82) is 0 Å². The second kappa shape index (κ2) is 12.7. The summed E-state index contributed by atoms with van der Waals surface area (Å²) in [5.41, 5.74) is 3.39. The highest BCUT2D eigenvalue weighted by molar-refractivity contribution is 5.85. The smallest absolute Gasteiger partial charge is 0.156 e. The molecular formula is C23H32Cl2N6O. The van der Waals surface area contributed by atoms with E-state index < -0.39 is 0 Å². The number of nitrogens with one attached hydrogen (secondary N) is 2. The quantitative estimate of drug-likeness (QED) is 0.508. The van der Waals surface area contributed by atoms with Crippen molar-refractivity contribution in [3.63, 3.8) is 0 Å². The molecule has 7 nitrogen and oxygen atoms in total. The second-order valence-corrected chi connectivity index (χ2v) is 7.73. The van der Waals surface area contributed by atoms with E-state index in [1.807, 2.05) is 16.8 Å². The zero-order valence-electron chi connectivity index (χ0n) is 18.5. The molecule has 2 heterocycles. The third-order valence-corrected chi connectivity index (χ3v) is 5.69. The largest absolute Gasteiger partial charge is 0.496 e. The number of nitrogens with zero attached hydrogens (tertiary/aromatic N) is 4. The molecule has 1 aliphatic rings. The minimum atomic E-state index is 0. The van der Waals surface area contributed by atoms with Crippen molar-refractivity contribution in [2.75, 3.05) is 13.7 Å². The molecule has 0 radical (unpaired) electrons. The molecule has 1 saturated heterocycles. The van der Waals surface area contributed by atoms with Crippen molar-refractivity contribution in [3.8, 4) is 11.4 Å². The van der Waals surface area contributed by atoms with Crippen LogP contribution in [-0.4, -0.2) is 39.9 Å². The van der Waals surface area contributed by atoms with Gasteiger partial charge in [0.1, 0.15) is 5.75 Å². The van der Waals surface area contributed by atoms with Gasteiger partial charge in [0.25, 0.3) is 0 Å². The van der Waals surface area contributed by atoms with Gasteiger partial charge in [-0.2, -0.15) is 4.68 Å². The average Bonchev–Trinajstić information content (AvgIpc) is 3.27. The highest BCUT2D eigenvalue weighted by Gasteiger charge is 2.25. The molecule has 1 aromatic heterocycles. The Morgan fingerprint density at radius 3 is 2.72 bits per heavy atom. The van der Waals surface area contributed by atoms with Crippen molar-refractivity contribution in [3.05, 3.63) is 65.5 Å². The maximum atomic E-state index is 5.63. The molecule has 1 aliphatic heterocycles. The summed E-state index contributed by atoms with van der Waals surface area (Å²) in [6, 6.07) is 17.5. The molecule has 32 heavy (non-hydrogen) atoms. The lowest BCUT2D eigenvalue weighted by Gasteiger charge is -2.34. The lowest BCUT2D eigenvalue weighted by Crippen LogP contribution is -2.45. The van der Waals surface area contributed by atoms with Gasteiger partial charge in [0.05, 0.1) is 12.8 Å². The Balaban J connectivity index is 0.00000181. The monoisotopic (exact) mass is 478 g/mol. The Bertz CT molecular complexity index is 953. The van der Waals surface area contributed by atoms with Crippen LogP contribution in [0.1, 0.15) is 49.2 Å². The molecule has 0 unspecified atom stereocenters. The van der Waals surface area contributed by atoms with Gasteiger partial charge in [-0.3, -0.25) is 0 Å². The van der Waals surface area contributed by atoms with Crippen LogP contribution >= 0.6 is 24.8 Å². The van der Waals surface area contributed by atoms with E-state index in [0.717, 1.165) is 55.2 Å². The van der Waals surface area contributed by atoms with Crippen LogP contribution in [0.25, 0.3) is 5.69 Å². The highest BCUT2D eigenvalue weighted by Crippen LogP contribution is 2.26. The zero-order valence-corrected chi connectivity index (χ0v) is 20.2. The number of hydrogen-bond acceptors (Lipinski definition) is 6.